The molecule has 11 nitrogen and oxygen atoms in total. The number of nitrogens with two attached hydrogens (primary N) is 1. The lowest BCUT2D eigenvalue weighted by atomic mass is 9.84. The molecule has 4 aromatic rings. The van der Waals surface area contributed by atoms with Gasteiger partial charge in [0.25, 0.3) is 5.91 Å². The molecule has 2 amide bonds. The fraction of sp³-hybridized carbons (Fsp3) is 0.378. The van der Waals surface area contributed by atoms with Crippen molar-refractivity contribution in [3.8, 4) is 5.88 Å². The Morgan fingerprint density at radius 1 is 0.906 bits per heavy atom. The van der Waals surface area contributed by atoms with Crippen molar-refractivity contribution in [3.63, 3.8) is 0 Å². The van der Waals surface area contributed by atoms with Crippen molar-refractivity contribution >= 4 is 33.4 Å². The summed E-state index contributed by atoms with van der Waals surface area (Å²) in [5.41, 5.74) is 7.19. The van der Waals surface area contributed by atoms with Gasteiger partial charge in [0.1, 0.15) is 4.90 Å². The molecule has 4 rings (SSSR count). The summed E-state index contributed by atoms with van der Waals surface area (Å²) >= 11 is 0.502. The zero-order valence-electron chi connectivity index (χ0n) is 29.9. The zero-order valence-corrected chi connectivity index (χ0v) is 31.5. The molecule has 2 aromatic heterocycles. The number of imide groups is 1. The minimum absolute atomic E-state index is 0.0312. The van der Waals surface area contributed by atoms with Crippen LogP contribution in [0.15, 0.2) is 96.0 Å². The van der Waals surface area contributed by atoms with E-state index in [0.29, 0.717) is 28.9 Å². The highest BCUT2D eigenvalue weighted by Gasteiger charge is 2.52. The van der Waals surface area contributed by atoms with Gasteiger partial charge in [-0.2, -0.15) is 17.5 Å². The van der Waals surface area contributed by atoms with Crippen LogP contribution in [-0.2, 0) is 19.6 Å². The number of aromatic nitrogens is 1. The van der Waals surface area contributed by atoms with Gasteiger partial charge in [0.2, 0.25) is 15.9 Å². The number of amides is 2. The third kappa shape index (κ3) is 9.80. The number of pyridine rings is 1. The number of alkyl halides is 3. The van der Waals surface area contributed by atoms with Gasteiger partial charge in [-0.3, -0.25) is 4.79 Å². The number of carbonyl (C=O) groups excluding carboxylic acids is 2. The number of thiophene rings is 1. The lowest BCUT2D eigenvalue weighted by Gasteiger charge is -2.34. The lowest BCUT2D eigenvalue weighted by Crippen LogP contribution is -2.53. The van der Waals surface area contributed by atoms with E-state index < -0.39 is 63.7 Å². The number of benzene rings is 2. The molecular formula is C37H43F3N4O7S2. The molecule has 3 atom stereocenters. The van der Waals surface area contributed by atoms with Crippen LogP contribution >= 0.6 is 11.3 Å². The average molecular weight is 777 g/mol. The Balaban J connectivity index is 1.80. The second kappa shape index (κ2) is 17.2. The second-order valence-electron chi connectivity index (χ2n) is 13.3. The standard InChI is InChI=1S/C37H43F3N4O7S2/c1-36(2,3)20-21-43(53(48,49)26-16-19-30(50-4)42-22-26)27(23-45)28-17-18-29(52-28)33(37(38,39)40)44(35(47)51-5)34(46)32(41)31(24-12-8-6-9-13-24)25-14-10-7-11-15-25/h6-19,22,27,31-33,45H,20-21,23,41H2,1-5H3/t27?,32-,33+/m0/s1. The van der Waals surface area contributed by atoms with Gasteiger partial charge in [0.15, 0.2) is 6.04 Å². The fourth-order valence-electron chi connectivity index (χ4n) is 5.77. The number of rotatable bonds is 14. The van der Waals surface area contributed by atoms with Gasteiger partial charge in [-0.25, -0.2) is 23.1 Å². The first-order valence-electron chi connectivity index (χ1n) is 16.5. The van der Waals surface area contributed by atoms with E-state index in [9.17, 15) is 23.1 Å². The third-order valence-electron chi connectivity index (χ3n) is 8.51. The predicted molar refractivity (Wildman–Crippen MR) is 194 cm³/mol. The van der Waals surface area contributed by atoms with Crippen molar-refractivity contribution in [1.82, 2.24) is 14.2 Å². The molecule has 3 N–H and O–H groups in total. The maximum absolute atomic E-state index is 15.2. The molecule has 286 valence electrons. The van der Waals surface area contributed by atoms with Gasteiger partial charge in [0, 0.05) is 28.3 Å². The van der Waals surface area contributed by atoms with Crippen molar-refractivity contribution < 1.29 is 45.8 Å². The van der Waals surface area contributed by atoms with Crippen molar-refractivity contribution in [3.05, 3.63) is 112 Å². The Hall–Kier alpha value is -4.35. The van der Waals surface area contributed by atoms with Crippen LogP contribution in [0.1, 0.15) is 66.1 Å². The molecule has 16 heteroatoms. The molecular weight excluding hydrogens is 734 g/mol. The van der Waals surface area contributed by atoms with Gasteiger partial charge in [0.05, 0.1) is 39.1 Å². The molecule has 0 radical (unpaired) electrons. The highest BCUT2D eigenvalue weighted by atomic mass is 32.2. The first-order valence-corrected chi connectivity index (χ1v) is 18.8. The second-order valence-corrected chi connectivity index (χ2v) is 16.4. The van der Waals surface area contributed by atoms with Crippen LogP contribution in [0.25, 0.3) is 0 Å². The quantitative estimate of drug-likeness (QED) is 0.143. The van der Waals surface area contributed by atoms with Crippen molar-refractivity contribution in [1.29, 1.82) is 0 Å². The van der Waals surface area contributed by atoms with E-state index in [1.165, 1.54) is 25.3 Å². The molecule has 0 bridgehead atoms. The molecule has 1 unspecified atom stereocenters. The molecule has 0 saturated carbocycles. The van der Waals surface area contributed by atoms with E-state index in [0.717, 1.165) is 23.7 Å². The summed E-state index contributed by atoms with van der Waals surface area (Å²) in [5.74, 6) is -2.14. The summed E-state index contributed by atoms with van der Waals surface area (Å²) in [4.78, 5) is 30.6. The van der Waals surface area contributed by atoms with Crippen LogP contribution in [0.5, 0.6) is 5.88 Å². The number of carbonyl (C=O) groups is 2. The van der Waals surface area contributed by atoms with Crippen LogP contribution in [0.2, 0.25) is 0 Å². The minimum atomic E-state index is -5.23. The Kier molecular flexibility index (Phi) is 13.4. The zero-order chi connectivity index (χ0) is 39.1. The van der Waals surface area contributed by atoms with Gasteiger partial charge in [-0.05, 0) is 41.2 Å². The molecule has 0 aliphatic rings. The van der Waals surface area contributed by atoms with Gasteiger partial charge < -0.3 is 20.3 Å². The number of hydrogen-bond donors (Lipinski definition) is 2. The van der Waals surface area contributed by atoms with Crippen LogP contribution in [0, 0.1) is 5.41 Å². The van der Waals surface area contributed by atoms with E-state index in [1.54, 1.807) is 60.7 Å². The minimum Gasteiger partial charge on any atom is -0.481 e. The fourth-order valence-corrected chi connectivity index (χ4v) is 8.61. The van der Waals surface area contributed by atoms with Gasteiger partial charge in [-0.15, -0.1) is 11.3 Å². The molecule has 0 aliphatic heterocycles. The topological polar surface area (TPSA) is 152 Å². The normalized spacial score (nSPS) is 14.1. The maximum Gasteiger partial charge on any atom is 0.417 e. The number of aliphatic hydroxyl groups excluding tert-OH is 1. The molecule has 53 heavy (non-hydrogen) atoms. The largest absolute Gasteiger partial charge is 0.481 e. The third-order valence-corrected chi connectivity index (χ3v) is 11.6. The highest BCUT2D eigenvalue weighted by molar-refractivity contribution is 7.89. The Morgan fingerprint density at radius 3 is 1.92 bits per heavy atom. The summed E-state index contributed by atoms with van der Waals surface area (Å²) in [7, 11) is -2.17. The number of nitrogens with zero attached hydrogens (tertiary/aromatic N) is 3. The van der Waals surface area contributed by atoms with Gasteiger partial charge in [-0.1, -0.05) is 81.4 Å². The molecule has 0 fully saturated rings. The Labute approximate surface area is 311 Å². The number of halogens is 3. The molecule has 0 spiro atoms. The summed E-state index contributed by atoms with van der Waals surface area (Å²) in [6.45, 7) is 4.76. The van der Waals surface area contributed by atoms with Gasteiger partial charge >= 0.3 is 12.3 Å². The first kappa shape index (κ1) is 41.4. The maximum atomic E-state index is 15.2. The molecule has 0 saturated heterocycles. The highest BCUT2D eigenvalue weighted by Crippen LogP contribution is 2.44. The molecule has 0 aliphatic carbocycles. The Bertz CT molecular complexity index is 1880. The number of ether oxygens (including phenoxy) is 2. The summed E-state index contributed by atoms with van der Waals surface area (Å²) in [6.07, 6.45) is -5.42. The smallest absolute Gasteiger partial charge is 0.417 e. The number of hydrogen-bond acceptors (Lipinski definition) is 10. The number of aliphatic hydroxyl groups is 1. The van der Waals surface area contributed by atoms with E-state index in [2.05, 4.69) is 4.98 Å². The van der Waals surface area contributed by atoms with Crippen LogP contribution < -0.4 is 10.5 Å². The van der Waals surface area contributed by atoms with Crippen molar-refractivity contribution in [2.24, 2.45) is 11.1 Å². The van der Waals surface area contributed by atoms with E-state index in [-0.39, 0.29) is 32.5 Å². The predicted octanol–water partition coefficient (Wildman–Crippen LogP) is 6.67. The summed E-state index contributed by atoms with van der Waals surface area (Å²) < 4.78 is 84.5. The lowest BCUT2D eigenvalue weighted by molar-refractivity contribution is -0.186. The number of methoxy groups -OCH3 is 2. The van der Waals surface area contributed by atoms with E-state index in [4.69, 9.17) is 15.2 Å². The van der Waals surface area contributed by atoms with Crippen molar-refractivity contribution in [2.45, 2.75) is 62.3 Å². The van der Waals surface area contributed by atoms with Crippen LogP contribution in [0.4, 0.5) is 18.0 Å². The first-order chi connectivity index (χ1) is 24.9. The van der Waals surface area contributed by atoms with E-state index in [1.807, 2.05) is 20.8 Å². The van der Waals surface area contributed by atoms with Crippen molar-refractivity contribution in [2.75, 3.05) is 27.4 Å². The number of sulfonamides is 1. The van der Waals surface area contributed by atoms with Crippen LogP contribution in [0.3, 0.4) is 0 Å². The van der Waals surface area contributed by atoms with Crippen LogP contribution in [-0.4, -0.2) is 79.3 Å². The Morgan fingerprint density at radius 2 is 1.47 bits per heavy atom. The summed E-state index contributed by atoms with van der Waals surface area (Å²) in [6, 6.07) is 16.0. The molecule has 2 heterocycles. The molecule has 2 aromatic carbocycles. The summed E-state index contributed by atoms with van der Waals surface area (Å²) in [5, 5.41) is 10.6. The average Bonchev–Trinajstić information content (AvgIpc) is 3.60. The van der Waals surface area contributed by atoms with E-state index >= 15 is 13.2 Å². The monoisotopic (exact) mass is 776 g/mol. The SMILES string of the molecule is COC(=O)N(C(=O)[C@@H](N)C(c1ccccc1)c1ccccc1)[C@H](c1ccc(C(CO)N(CCC(C)(C)C)S(=O)(=O)c2ccc(OC)nc2)s1)C(F)(F)F.